The summed E-state index contributed by atoms with van der Waals surface area (Å²) in [5.74, 6) is 0. The Morgan fingerprint density at radius 2 is 1.94 bits per heavy atom. The predicted octanol–water partition coefficient (Wildman–Crippen LogP) is 3.87. The molecule has 0 saturated carbocycles. The normalized spacial score (nSPS) is 10.8. The summed E-state index contributed by atoms with van der Waals surface area (Å²) in [4.78, 5) is 5.80. The second kappa shape index (κ2) is 6.66. The van der Waals surface area contributed by atoms with Crippen LogP contribution in [-0.2, 0) is 13.0 Å². The Kier molecular flexibility index (Phi) is 4.90. The molecule has 0 bridgehead atoms. The highest BCUT2D eigenvalue weighted by molar-refractivity contribution is 7.15. The van der Waals surface area contributed by atoms with Crippen molar-refractivity contribution in [3.8, 4) is 10.6 Å². The van der Waals surface area contributed by atoms with Gasteiger partial charge in [-0.1, -0.05) is 38.1 Å². The average molecular weight is 260 g/mol. The topological polar surface area (TPSA) is 24.9 Å². The minimum atomic E-state index is 0.929. The molecule has 3 heteroatoms. The average Bonchev–Trinajstić information content (AvgIpc) is 2.88. The number of thiazole rings is 1. The fraction of sp³-hybridized carbons (Fsp3) is 0.400. The molecular weight excluding hydrogens is 240 g/mol. The van der Waals surface area contributed by atoms with Crippen LogP contribution in [0.4, 0.5) is 0 Å². The molecule has 2 rings (SSSR count). The second-order valence-corrected chi connectivity index (χ2v) is 5.47. The Morgan fingerprint density at radius 3 is 2.61 bits per heavy atom. The third-order valence-corrected chi connectivity index (χ3v) is 3.94. The molecule has 18 heavy (non-hydrogen) atoms. The molecule has 0 spiro atoms. The van der Waals surface area contributed by atoms with Crippen LogP contribution in [0.3, 0.4) is 0 Å². The molecule has 1 N–H and O–H groups in total. The molecule has 1 aromatic carbocycles. The van der Waals surface area contributed by atoms with Gasteiger partial charge in [-0.25, -0.2) is 4.98 Å². The largest absolute Gasteiger partial charge is 0.312 e. The zero-order chi connectivity index (χ0) is 12.8. The van der Waals surface area contributed by atoms with E-state index in [1.165, 1.54) is 22.4 Å². The molecule has 0 aliphatic heterocycles. The zero-order valence-electron chi connectivity index (χ0n) is 11.1. The molecule has 0 radical (unpaired) electrons. The number of hydrogen-bond acceptors (Lipinski definition) is 3. The Hall–Kier alpha value is -1.19. The predicted molar refractivity (Wildman–Crippen MR) is 78.9 cm³/mol. The van der Waals surface area contributed by atoms with Gasteiger partial charge in [0.25, 0.3) is 0 Å². The molecule has 0 aliphatic carbocycles. The van der Waals surface area contributed by atoms with Gasteiger partial charge in [-0.15, -0.1) is 11.3 Å². The van der Waals surface area contributed by atoms with Crippen LogP contribution < -0.4 is 5.32 Å². The molecule has 0 unspecified atom stereocenters. The van der Waals surface area contributed by atoms with Crippen LogP contribution >= 0.6 is 11.3 Å². The zero-order valence-corrected chi connectivity index (χ0v) is 11.9. The van der Waals surface area contributed by atoms with Crippen LogP contribution in [0.5, 0.6) is 0 Å². The standard InChI is InChI=1S/C15H20N2S/c1-3-9-16-10-14-11-17-15(18-14)13-7-5-12(4-2)6-8-13/h5-8,11,16H,3-4,9-10H2,1-2H3. The lowest BCUT2D eigenvalue weighted by Crippen LogP contribution is -2.12. The fourth-order valence-corrected chi connectivity index (χ4v) is 2.68. The number of aryl methyl sites for hydroxylation is 1. The van der Waals surface area contributed by atoms with Gasteiger partial charge in [0.15, 0.2) is 0 Å². The van der Waals surface area contributed by atoms with Crippen molar-refractivity contribution in [3.05, 3.63) is 40.9 Å². The molecule has 1 aromatic heterocycles. The summed E-state index contributed by atoms with van der Waals surface area (Å²) in [6, 6.07) is 8.71. The second-order valence-electron chi connectivity index (χ2n) is 4.36. The molecule has 0 amide bonds. The van der Waals surface area contributed by atoms with E-state index in [-0.39, 0.29) is 0 Å². The number of hydrogen-bond donors (Lipinski definition) is 1. The maximum atomic E-state index is 4.50. The maximum absolute atomic E-state index is 4.50. The minimum Gasteiger partial charge on any atom is -0.312 e. The van der Waals surface area contributed by atoms with E-state index in [1.807, 2.05) is 6.20 Å². The first kappa shape index (κ1) is 13.2. The molecule has 96 valence electrons. The van der Waals surface area contributed by atoms with Gasteiger partial charge in [0.2, 0.25) is 0 Å². The summed E-state index contributed by atoms with van der Waals surface area (Å²) in [6.45, 7) is 6.35. The van der Waals surface area contributed by atoms with Crippen LogP contribution in [0, 0.1) is 0 Å². The van der Waals surface area contributed by atoms with E-state index in [4.69, 9.17) is 0 Å². The highest BCUT2D eigenvalue weighted by Gasteiger charge is 2.04. The van der Waals surface area contributed by atoms with Crippen molar-refractivity contribution in [2.24, 2.45) is 0 Å². The van der Waals surface area contributed by atoms with Crippen molar-refractivity contribution in [3.63, 3.8) is 0 Å². The molecule has 2 nitrogen and oxygen atoms in total. The summed E-state index contributed by atoms with van der Waals surface area (Å²) in [6.07, 6.45) is 4.24. The van der Waals surface area contributed by atoms with Gasteiger partial charge >= 0.3 is 0 Å². The van der Waals surface area contributed by atoms with Crippen molar-refractivity contribution < 1.29 is 0 Å². The highest BCUT2D eigenvalue weighted by atomic mass is 32.1. The lowest BCUT2D eigenvalue weighted by Gasteiger charge is -1.99. The van der Waals surface area contributed by atoms with E-state index in [0.717, 1.165) is 24.5 Å². The first-order valence-electron chi connectivity index (χ1n) is 6.58. The van der Waals surface area contributed by atoms with E-state index in [2.05, 4.69) is 48.4 Å². The third-order valence-electron chi connectivity index (χ3n) is 2.89. The van der Waals surface area contributed by atoms with Gasteiger partial charge < -0.3 is 5.32 Å². The summed E-state index contributed by atoms with van der Waals surface area (Å²) in [5.41, 5.74) is 2.60. The van der Waals surface area contributed by atoms with Crippen LogP contribution in [0.25, 0.3) is 10.6 Å². The molecule has 0 atom stereocenters. The summed E-state index contributed by atoms with van der Waals surface area (Å²) in [5, 5.41) is 4.52. The Labute approximate surface area is 113 Å². The van der Waals surface area contributed by atoms with Crippen molar-refractivity contribution in [2.75, 3.05) is 6.54 Å². The number of rotatable bonds is 6. The Bertz CT molecular complexity index is 473. The quantitative estimate of drug-likeness (QED) is 0.797. The van der Waals surface area contributed by atoms with Crippen LogP contribution in [0.15, 0.2) is 30.5 Å². The summed E-state index contributed by atoms with van der Waals surface area (Å²) < 4.78 is 0. The maximum Gasteiger partial charge on any atom is 0.123 e. The van der Waals surface area contributed by atoms with E-state index < -0.39 is 0 Å². The number of nitrogens with one attached hydrogen (secondary N) is 1. The van der Waals surface area contributed by atoms with E-state index in [0.29, 0.717) is 0 Å². The first-order chi connectivity index (χ1) is 8.83. The van der Waals surface area contributed by atoms with E-state index in [9.17, 15) is 0 Å². The van der Waals surface area contributed by atoms with Crippen molar-refractivity contribution in [2.45, 2.75) is 33.2 Å². The molecule has 1 heterocycles. The molecular formula is C15H20N2S. The van der Waals surface area contributed by atoms with Gasteiger partial charge in [-0.3, -0.25) is 0 Å². The minimum absolute atomic E-state index is 0.929. The SMILES string of the molecule is CCCNCc1cnc(-c2ccc(CC)cc2)s1. The van der Waals surface area contributed by atoms with Crippen LogP contribution in [0.1, 0.15) is 30.7 Å². The summed E-state index contributed by atoms with van der Waals surface area (Å²) in [7, 11) is 0. The smallest absolute Gasteiger partial charge is 0.123 e. The Morgan fingerprint density at radius 1 is 1.17 bits per heavy atom. The van der Waals surface area contributed by atoms with Gasteiger partial charge in [-0.05, 0) is 24.9 Å². The van der Waals surface area contributed by atoms with Crippen molar-refractivity contribution in [1.29, 1.82) is 0 Å². The van der Waals surface area contributed by atoms with Crippen molar-refractivity contribution in [1.82, 2.24) is 10.3 Å². The Balaban J connectivity index is 2.04. The highest BCUT2D eigenvalue weighted by Crippen LogP contribution is 2.25. The lowest BCUT2D eigenvalue weighted by atomic mass is 10.1. The number of aromatic nitrogens is 1. The monoisotopic (exact) mass is 260 g/mol. The van der Waals surface area contributed by atoms with Crippen LogP contribution in [0.2, 0.25) is 0 Å². The number of nitrogens with zero attached hydrogens (tertiary/aromatic N) is 1. The molecule has 2 aromatic rings. The third kappa shape index (κ3) is 3.40. The van der Waals surface area contributed by atoms with Gasteiger partial charge in [0.05, 0.1) is 0 Å². The van der Waals surface area contributed by atoms with Gasteiger partial charge in [0, 0.05) is 23.2 Å². The van der Waals surface area contributed by atoms with E-state index >= 15 is 0 Å². The molecule has 0 fully saturated rings. The van der Waals surface area contributed by atoms with Gasteiger partial charge in [-0.2, -0.15) is 0 Å². The first-order valence-corrected chi connectivity index (χ1v) is 7.40. The van der Waals surface area contributed by atoms with E-state index in [1.54, 1.807) is 11.3 Å². The fourth-order valence-electron chi connectivity index (χ4n) is 1.79. The van der Waals surface area contributed by atoms with Crippen LogP contribution in [-0.4, -0.2) is 11.5 Å². The molecule has 0 saturated heterocycles. The number of benzene rings is 1. The molecule has 0 aliphatic rings. The van der Waals surface area contributed by atoms with Gasteiger partial charge in [0.1, 0.15) is 5.01 Å². The lowest BCUT2D eigenvalue weighted by molar-refractivity contribution is 0.681. The van der Waals surface area contributed by atoms with Crippen molar-refractivity contribution >= 4 is 11.3 Å². The summed E-state index contributed by atoms with van der Waals surface area (Å²) >= 11 is 1.78.